The Labute approximate surface area is 95.6 Å². The highest BCUT2D eigenvalue weighted by Gasteiger charge is 2.34. The quantitative estimate of drug-likeness (QED) is 0.489. The summed E-state index contributed by atoms with van der Waals surface area (Å²) in [6.45, 7) is 0. The van der Waals surface area contributed by atoms with E-state index in [9.17, 15) is 22.4 Å². The van der Waals surface area contributed by atoms with Crippen molar-refractivity contribution in [1.82, 2.24) is 4.98 Å². The SMILES string of the molecule is O=Cc1cc(CBr)c(F)c(OC(F)(F)F)n1. The van der Waals surface area contributed by atoms with E-state index in [0.717, 1.165) is 6.07 Å². The van der Waals surface area contributed by atoms with Gasteiger partial charge in [0.15, 0.2) is 12.1 Å². The molecule has 0 unspecified atom stereocenters. The summed E-state index contributed by atoms with van der Waals surface area (Å²) in [7, 11) is 0. The van der Waals surface area contributed by atoms with Crippen molar-refractivity contribution in [3.05, 3.63) is 23.1 Å². The van der Waals surface area contributed by atoms with Crippen molar-refractivity contribution >= 4 is 22.2 Å². The van der Waals surface area contributed by atoms with E-state index in [1.54, 1.807) is 0 Å². The topological polar surface area (TPSA) is 39.2 Å². The summed E-state index contributed by atoms with van der Waals surface area (Å²) in [5.41, 5.74) is -0.480. The normalized spacial score (nSPS) is 11.3. The largest absolute Gasteiger partial charge is 0.574 e. The van der Waals surface area contributed by atoms with Gasteiger partial charge in [-0.2, -0.15) is 0 Å². The zero-order chi connectivity index (χ0) is 12.3. The van der Waals surface area contributed by atoms with Crippen LogP contribution in [0.2, 0.25) is 0 Å². The molecule has 1 aromatic heterocycles. The predicted molar refractivity (Wildman–Crippen MR) is 48.9 cm³/mol. The molecule has 0 radical (unpaired) electrons. The molecule has 1 rings (SSSR count). The molecule has 0 saturated heterocycles. The maximum atomic E-state index is 13.3. The van der Waals surface area contributed by atoms with Crippen LogP contribution in [0.25, 0.3) is 0 Å². The third-order valence-corrected chi connectivity index (χ3v) is 2.10. The fourth-order valence-corrected chi connectivity index (χ4v) is 1.32. The first-order valence-corrected chi connectivity index (χ1v) is 4.96. The Balaban J connectivity index is 3.21. The second-order valence-corrected chi connectivity index (χ2v) is 3.19. The molecule has 88 valence electrons. The predicted octanol–water partition coefficient (Wildman–Crippen LogP) is 2.83. The maximum Gasteiger partial charge on any atom is 0.574 e. The van der Waals surface area contributed by atoms with Gasteiger partial charge in [-0.25, -0.2) is 9.37 Å². The van der Waals surface area contributed by atoms with E-state index in [2.05, 4.69) is 25.7 Å². The lowest BCUT2D eigenvalue weighted by Gasteiger charge is -2.10. The molecule has 0 fully saturated rings. The summed E-state index contributed by atoms with van der Waals surface area (Å²) >= 11 is 2.86. The Morgan fingerprint density at radius 3 is 2.56 bits per heavy atom. The number of pyridine rings is 1. The Kier molecular flexibility index (Phi) is 3.84. The van der Waals surface area contributed by atoms with Crippen molar-refractivity contribution in [3.8, 4) is 5.88 Å². The van der Waals surface area contributed by atoms with Crippen LogP contribution in [-0.2, 0) is 5.33 Å². The van der Waals surface area contributed by atoms with Gasteiger partial charge in [0.05, 0.1) is 0 Å². The minimum atomic E-state index is -5.06. The molecular formula is C8H4BrF4NO2. The van der Waals surface area contributed by atoms with Crippen LogP contribution < -0.4 is 4.74 Å². The van der Waals surface area contributed by atoms with E-state index in [-0.39, 0.29) is 22.9 Å². The number of aldehydes is 1. The van der Waals surface area contributed by atoms with Crippen molar-refractivity contribution in [3.63, 3.8) is 0 Å². The molecule has 1 heterocycles. The van der Waals surface area contributed by atoms with Crippen molar-refractivity contribution in [2.45, 2.75) is 11.7 Å². The van der Waals surface area contributed by atoms with Gasteiger partial charge in [0, 0.05) is 10.9 Å². The van der Waals surface area contributed by atoms with Crippen LogP contribution in [-0.4, -0.2) is 17.6 Å². The molecule has 0 bridgehead atoms. The number of alkyl halides is 4. The summed E-state index contributed by atoms with van der Waals surface area (Å²) in [6, 6.07) is 1.03. The van der Waals surface area contributed by atoms with Crippen LogP contribution in [0.5, 0.6) is 5.88 Å². The van der Waals surface area contributed by atoms with Gasteiger partial charge in [-0.05, 0) is 6.07 Å². The molecule has 3 nitrogen and oxygen atoms in total. The molecular weight excluding hydrogens is 298 g/mol. The van der Waals surface area contributed by atoms with Gasteiger partial charge in [0.25, 0.3) is 5.88 Å². The standard InChI is InChI=1S/C8H4BrF4NO2/c9-2-4-1-5(3-15)14-7(6(4)10)16-8(11,12)13/h1,3H,2H2. The number of nitrogens with zero attached hydrogens (tertiary/aromatic N) is 1. The zero-order valence-electron chi connectivity index (χ0n) is 7.52. The van der Waals surface area contributed by atoms with Crippen molar-refractivity contribution in [2.24, 2.45) is 0 Å². The molecule has 0 aromatic carbocycles. The van der Waals surface area contributed by atoms with E-state index in [4.69, 9.17) is 0 Å². The molecule has 0 spiro atoms. The van der Waals surface area contributed by atoms with Crippen LogP contribution in [0.1, 0.15) is 16.1 Å². The smallest absolute Gasteiger partial charge is 0.385 e. The van der Waals surface area contributed by atoms with Gasteiger partial charge in [-0.1, -0.05) is 15.9 Å². The molecule has 0 aliphatic heterocycles. The minimum absolute atomic E-state index is 0.0591. The number of ether oxygens (including phenoxy) is 1. The van der Waals surface area contributed by atoms with Crippen molar-refractivity contribution in [1.29, 1.82) is 0 Å². The zero-order valence-corrected chi connectivity index (χ0v) is 9.10. The molecule has 0 aliphatic carbocycles. The van der Waals surface area contributed by atoms with Crippen LogP contribution >= 0.6 is 15.9 Å². The fraction of sp³-hybridized carbons (Fsp3) is 0.250. The van der Waals surface area contributed by atoms with Crippen LogP contribution in [0.15, 0.2) is 6.07 Å². The Morgan fingerprint density at radius 2 is 2.12 bits per heavy atom. The third-order valence-electron chi connectivity index (χ3n) is 1.50. The van der Waals surface area contributed by atoms with E-state index in [1.807, 2.05) is 0 Å². The average molecular weight is 302 g/mol. The highest BCUT2D eigenvalue weighted by atomic mass is 79.9. The van der Waals surface area contributed by atoms with Gasteiger partial charge in [-0.3, -0.25) is 4.79 Å². The number of hydrogen-bond acceptors (Lipinski definition) is 3. The maximum absolute atomic E-state index is 13.3. The Bertz CT molecular complexity index is 408. The van der Waals surface area contributed by atoms with Gasteiger partial charge in [0.2, 0.25) is 0 Å². The monoisotopic (exact) mass is 301 g/mol. The van der Waals surface area contributed by atoms with E-state index < -0.39 is 18.1 Å². The second kappa shape index (κ2) is 4.77. The number of rotatable bonds is 3. The van der Waals surface area contributed by atoms with E-state index >= 15 is 0 Å². The molecule has 0 saturated carbocycles. The first kappa shape index (κ1) is 12.9. The first-order chi connectivity index (χ1) is 7.37. The van der Waals surface area contributed by atoms with Crippen molar-refractivity contribution < 1.29 is 27.1 Å². The van der Waals surface area contributed by atoms with Crippen LogP contribution in [0.3, 0.4) is 0 Å². The Hall–Kier alpha value is -1.18. The van der Waals surface area contributed by atoms with Gasteiger partial charge in [-0.15, -0.1) is 13.2 Å². The first-order valence-electron chi connectivity index (χ1n) is 3.83. The summed E-state index contributed by atoms with van der Waals surface area (Å²) < 4.78 is 52.2. The van der Waals surface area contributed by atoms with E-state index in [0.29, 0.717) is 0 Å². The number of hydrogen-bond donors (Lipinski definition) is 0. The summed E-state index contributed by atoms with van der Waals surface area (Å²) in [5, 5.41) is -0.0591. The lowest BCUT2D eigenvalue weighted by atomic mass is 10.2. The second-order valence-electron chi connectivity index (χ2n) is 2.62. The van der Waals surface area contributed by atoms with Gasteiger partial charge >= 0.3 is 6.36 Å². The number of carbonyl (C=O) groups is 1. The third kappa shape index (κ3) is 3.16. The number of carbonyl (C=O) groups excluding carboxylic acids is 1. The summed E-state index contributed by atoms with van der Waals surface area (Å²) in [6.07, 6.45) is -4.85. The molecule has 0 aliphatic rings. The highest BCUT2D eigenvalue weighted by Crippen LogP contribution is 2.26. The minimum Gasteiger partial charge on any atom is -0.385 e. The molecule has 1 aromatic rings. The van der Waals surface area contributed by atoms with Crippen LogP contribution in [0.4, 0.5) is 17.6 Å². The summed E-state index contributed by atoms with van der Waals surface area (Å²) in [5.74, 6) is -2.51. The van der Waals surface area contributed by atoms with Gasteiger partial charge < -0.3 is 4.74 Å². The Morgan fingerprint density at radius 1 is 1.50 bits per heavy atom. The number of halogens is 5. The van der Waals surface area contributed by atoms with Crippen LogP contribution in [0, 0.1) is 5.82 Å². The molecule has 0 atom stereocenters. The lowest BCUT2D eigenvalue weighted by molar-refractivity contribution is -0.277. The van der Waals surface area contributed by atoms with Crippen molar-refractivity contribution in [2.75, 3.05) is 0 Å². The highest BCUT2D eigenvalue weighted by molar-refractivity contribution is 9.08. The number of aromatic nitrogens is 1. The molecule has 0 amide bonds. The molecule has 8 heteroatoms. The summed E-state index contributed by atoms with van der Waals surface area (Å²) in [4.78, 5) is 13.4. The fourth-order valence-electron chi connectivity index (χ4n) is 0.913. The lowest BCUT2D eigenvalue weighted by Crippen LogP contribution is -2.19. The van der Waals surface area contributed by atoms with E-state index in [1.165, 1.54) is 0 Å². The van der Waals surface area contributed by atoms with Gasteiger partial charge in [0.1, 0.15) is 5.69 Å². The average Bonchev–Trinajstić information content (AvgIpc) is 2.19. The molecule has 0 N–H and O–H groups in total. The molecule has 16 heavy (non-hydrogen) atoms.